The summed E-state index contributed by atoms with van der Waals surface area (Å²) in [7, 11) is -2.95. The Balaban J connectivity index is 1.66. The fourth-order valence-corrected chi connectivity index (χ4v) is 4.53. The molecule has 0 amide bonds. The monoisotopic (exact) mass is 304 g/mol. The van der Waals surface area contributed by atoms with Gasteiger partial charge in [-0.2, -0.15) is 0 Å². The zero-order valence-electron chi connectivity index (χ0n) is 11.5. The maximum atomic E-state index is 11.9. The molecule has 0 aromatic heterocycles. The van der Waals surface area contributed by atoms with Gasteiger partial charge in [0.15, 0.2) is 9.84 Å². The summed E-state index contributed by atoms with van der Waals surface area (Å²) < 4.78 is 28.1. The third-order valence-corrected chi connectivity index (χ3v) is 5.57. The molecule has 0 radical (unpaired) electrons. The first kappa shape index (κ1) is 14.1. The summed E-state index contributed by atoms with van der Waals surface area (Å²) in [4.78, 5) is 11.9. The van der Waals surface area contributed by atoms with Gasteiger partial charge < -0.3 is 4.74 Å². The predicted molar refractivity (Wildman–Crippen MR) is 81.0 cm³/mol. The van der Waals surface area contributed by atoms with Crippen molar-refractivity contribution in [2.75, 3.05) is 11.5 Å². The summed E-state index contributed by atoms with van der Waals surface area (Å²) in [6.45, 7) is 0. The number of carbonyl (C=O) groups is 1. The molecule has 2 aromatic carbocycles. The van der Waals surface area contributed by atoms with E-state index in [2.05, 4.69) is 0 Å². The number of ether oxygens (including phenoxy) is 1. The van der Waals surface area contributed by atoms with Gasteiger partial charge in [-0.05, 0) is 35.2 Å². The van der Waals surface area contributed by atoms with Crippen LogP contribution in [0.2, 0.25) is 0 Å². The Morgan fingerprint density at radius 3 is 2.62 bits per heavy atom. The van der Waals surface area contributed by atoms with Crippen molar-refractivity contribution in [3.63, 3.8) is 0 Å². The van der Waals surface area contributed by atoms with Crippen molar-refractivity contribution >= 4 is 26.6 Å². The number of sulfone groups is 1. The molecule has 1 heterocycles. The highest BCUT2D eigenvalue weighted by atomic mass is 32.2. The lowest BCUT2D eigenvalue weighted by Crippen LogP contribution is -2.15. The molecule has 1 atom stereocenters. The van der Waals surface area contributed by atoms with E-state index in [0.717, 1.165) is 10.8 Å². The van der Waals surface area contributed by atoms with Crippen molar-refractivity contribution in [1.82, 2.24) is 0 Å². The Bertz CT molecular complexity index is 780. The molecule has 1 saturated heterocycles. The number of benzene rings is 2. The minimum Gasteiger partial charge on any atom is -0.426 e. The van der Waals surface area contributed by atoms with E-state index < -0.39 is 9.84 Å². The first-order valence-electron chi connectivity index (χ1n) is 6.92. The average molecular weight is 304 g/mol. The van der Waals surface area contributed by atoms with Gasteiger partial charge in [0.2, 0.25) is 0 Å². The maximum Gasteiger partial charge on any atom is 0.311 e. The Morgan fingerprint density at radius 2 is 1.90 bits per heavy atom. The first-order valence-corrected chi connectivity index (χ1v) is 8.74. The van der Waals surface area contributed by atoms with Crippen LogP contribution in [0.1, 0.15) is 12.8 Å². The van der Waals surface area contributed by atoms with Crippen molar-refractivity contribution in [1.29, 1.82) is 0 Å². The quantitative estimate of drug-likeness (QED) is 0.646. The topological polar surface area (TPSA) is 60.4 Å². The second kappa shape index (κ2) is 5.48. The SMILES string of the molecule is O=C(CC1CCS(=O)(=O)C1)Oc1ccc2ccccc2c1. The Morgan fingerprint density at radius 1 is 1.14 bits per heavy atom. The van der Waals surface area contributed by atoms with Crippen LogP contribution >= 0.6 is 0 Å². The molecule has 4 nitrogen and oxygen atoms in total. The minimum atomic E-state index is -2.95. The molecule has 0 saturated carbocycles. The third-order valence-electron chi connectivity index (χ3n) is 3.73. The van der Waals surface area contributed by atoms with E-state index in [0.29, 0.717) is 12.2 Å². The molecule has 3 rings (SSSR count). The van der Waals surface area contributed by atoms with Crippen LogP contribution in [0.25, 0.3) is 10.8 Å². The van der Waals surface area contributed by atoms with Gasteiger partial charge in [0.25, 0.3) is 0 Å². The Hall–Kier alpha value is -1.88. The highest BCUT2D eigenvalue weighted by molar-refractivity contribution is 7.91. The molecular weight excluding hydrogens is 288 g/mol. The number of rotatable bonds is 3. The first-order chi connectivity index (χ1) is 10.0. The molecule has 21 heavy (non-hydrogen) atoms. The maximum absolute atomic E-state index is 11.9. The summed E-state index contributed by atoms with van der Waals surface area (Å²) >= 11 is 0. The van der Waals surface area contributed by atoms with Gasteiger partial charge in [-0.15, -0.1) is 0 Å². The predicted octanol–water partition coefficient (Wildman–Crippen LogP) is 2.57. The summed E-state index contributed by atoms with van der Waals surface area (Å²) in [6, 6.07) is 13.3. The van der Waals surface area contributed by atoms with Crippen LogP contribution in [0.3, 0.4) is 0 Å². The van der Waals surface area contributed by atoms with Gasteiger partial charge in [-0.1, -0.05) is 30.3 Å². The number of carbonyl (C=O) groups excluding carboxylic acids is 1. The molecular formula is C16H16O4S. The normalized spacial score (nSPS) is 20.5. The Labute approximate surface area is 123 Å². The van der Waals surface area contributed by atoms with Gasteiger partial charge in [0, 0.05) is 6.42 Å². The van der Waals surface area contributed by atoms with E-state index in [-0.39, 0.29) is 29.8 Å². The van der Waals surface area contributed by atoms with Gasteiger partial charge in [0.1, 0.15) is 5.75 Å². The smallest absolute Gasteiger partial charge is 0.311 e. The molecule has 0 N–H and O–H groups in total. The van der Waals surface area contributed by atoms with Crippen LogP contribution in [0.5, 0.6) is 5.75 Å². The highest BCUT2D eigenvalue weighted by Crippen LogP contribution is 2.24. The fraction of sp³-hybridized carbons (Fsp3) is 0.312. The highest BCUT2D eigenvalue weighted by Gasteiger charge is 2.29. The van der Waals surface area contributed by atoms with Crippen LogP contribution in [-0.2, 0) is 14.6 Å². The van der Waals surface area contributed by atoms with E-state index in [1.807, 2.05) is 36.4 Å². The standard InChI is InChI=1S/C16H16O4S/c17-16(9-12-7-8-21(18,19)11-12)20-15-6-5-13-3-1-2-4-14(13)10-15/h1-6,10,12H,7-9,11H2. The molecule has 1 aliphatic rings. The molecule has 5 heteroatoms. The second-order valence-electron chi connectivity index (χ2n) is 5.46. The van der Waals surface area contributed by atoms with E-state index >= 15 is 0 Å². The van der Waals surface area contributed by atoms with Crippen LogP contribution in [-0.4, -0.2) is 25.9 Å². The van der Waals surface area contributed by atoms with Gasteiger partial charge in [0.05, 0.1) is 11.5 Å². The van der Waals surface area contributed by atoms with Crippen molar-refractivity contribution in [2.24, 2.45) is 5.92 Å². The molecule has 0 spiro atoms. The van der Waals surface area contributed by atoms with Gasteiger partial charge in [-0.3, -0.25) is 4.79 Å². The largest absolute Gasteiger partial charge is 0.426 e. The number of hydrogen-bond donors (Lipinski definition) is 0. The van der Waals surface area contributed by atoms with E-state index in [1.165, 1.54) is 0 Å². The van der Waals surface area contributed by atoms with Crippen LogP contribution in [0.4, 0.5) is 0 Å². The lowest BCUT2D eigenvalue weighted by atomic mass is 10.1. The molecule has 0 aliphatic carbocycles. The summed E-state index contributed by atoms with van der Waals surface area (Å²) in [5.74, 6) is 0.302. The molecule has 1 unspecified atom stereocenters. The summed E-state index contributed by atoms with van der Waals surface area (Å²) in [5, 5.41) is 2.09. The molecule has 1 fully saturated rings. The average Bonchev–Trinajstić information content (AvgIpc) is 2.77. The third kappa shape index (κ3) is 3.42. The number of hydrogen-bond acceptors (Lipinski definition) is 4. The van der Waals surface area contributed by atoms with Crippen molar-refractivity contribution < 1.29 is 17.9 Å². The Kier molecular flexibility index (Phi) is 3.68. The molecule has 1 aliphatic heterocycles. The van der Waals surface area contributed by atoms with Crippen LogP contribution in [0.15, 0.2) is 42.5 Å². The second-order valence-corrected chi connectivity index (χ2v) is 7.68. The van der Waals surface area contributed by atoms with Crippen molar-refractivity contribution in [2.45, 2.75) is 12.8 Å². The molecule has 110 valence electrons. The van der Waals surface area contributed by atoms with Gasteiger partial charge >= 0.3 is 5.97 Å². The van der Waals surface area contributed by atoms with E-state index in [9.17, 15) is 13.2 Å². The van der Waals surface area contributed by atoms with Crippen LogP contribution in [0, 0.1) is 5.92 Å². The van der Waals surface area contributed by atoms with E-state index in [4.69, 9.17) is 4.74 Å². The van der Waals surface area contributed by atoms with Crippen molar-refractivity contribution in [3.8, 4) is 5.75 Å². The van der Waals surface area contributed by atoms with Crippen molar-refractivity contribution in [3.05, 3.63) is 42.5 Å². The van der Waals surface area contributed by atoms with E-state index in [1.54, 1.807) is 6.07 Å². The zero-order chi connectivity index (χ0) is 14.9. The summed E-state index contributed by atoms with van der Waals surface area (Å²) in [5.41, 5.74) is 0. The van der Waals surface area contributed by atoms with Gasteiger partial charge in [-0.25, -0.2) is 8.42 Å². The molecule has 2 aromatic rings. The summed E-state index contributed by atoms with van der Waals surface area (Å²) in [6.07, 6.45) is 0.710. The number of fused-ring (bicyclic) bond motifs is 1. The lowest BCUT2D eigenvalue weighted by Gasteiger charge is -2.08. The van der Waals surface area contributed by atoms with Crippen LogP contribution < -0.4 is 4.74 Å². The fourth-order valence-electron chi connectivity index (χ4n) is 2.67. The number of esters is 1. The lowest BCUT2D eigenvalue weighted by molar-refractivity contribution is -0.135. The zero-order valence-corrected chi connectivity index (χ0v) is 12.3. The minimum absolute atomic E-state index is 0.0970. The molecule has 0 bridgehead atoms.